The van der Waals surface area contributed by atoms with Crippen LogP contribution in [0.4, 0.5) is 5.69 Å². The SMILES string of the molecule is COc1ccccc1CN1CCNC(=O)C1CC(=O)NCCCN1CCc2ccccc21. The average molecular weight is 437 g/mol. The lowest BCUT2D eigenvalue weighted by molar-refractivity contribution is -0.134. The van der Waals surface area contributed by atoms with Gasteiger partial charge >= 0.3 is 0 Å². The van der Waals surface area contributed by atoms with Crippen LogP contribution in [0.2, 0.25) is 0 Å². The number of rotatable bonds is 9. The lowest BCUT2D eigenvalue weighted by Crippen LogP contribution is -2.56. The van der Waals surface area contributed by atoms with E-state index in [0.717, 1.165) is 37.2 Å². The molecule has 0 saturated carbocycles. The summed E-state index contributed by atoms with van der Waals surface area (Å²) in [6, 6.07) is 15.8. The Bertz CT molecular complexity index is 948. The second kappa shape index (κ2) is 10.5. The van der Waals surface area contributed by atoms with Crippen LogP contribution in [0.25, 0.3) is 0 Å². The normalized spacial score (nSPS) is 18.2. The molecule has 2 aliphatic heterocycles. The van der Waals surface area contributed by atoms with E-state index < -0.39 is 6.04 Å². The number of nitrogens with zero attached hydrogens (tertiary/aromatic N) is 2. The van der Waals surface area contributed by atoms with E-state index in [1.807, 2.05) is 24.3 Å². The molecule has 1 atom stereocenters. The highest BCUT2D eigenvalue weighted by atomic mass is 16.5. The van der Waals surface area contributed by atoms with Gasteiger partial charge in [0.15, 0.2) is 0 Å². The Hall–Kier alpha value is -3.06. The van der Waals surface area contributed by atoms with E-state index in [1.54, 1.807) is 7.11 Å². The van der Waals surface area contributed by atoms with Crippen molar-refractivity contribution in [3.05, 3.63) is 59.7 Å². The van der Waals surface area contributed by atoms with Crippen molar-refractivity contribution in [2.24, 2.45) is 0 Å². The minimum Gasteiger partial charge on any atom is -0.496 e. The number of benzene rings is 2. The topological polar surface area (TPSA) is 73.9 Å². The number of methoxy groups -OCH3 is 1. The largest absolute Gasteiger partial charge is 0.496 e. The molecule has 4 rings (SSSR count). The molecule has 1 saturated heterocycles. The van der Waals surface area contributed by atoms with Crippen LogP contribution in [0.5, 0.6) is 5.75 Å². The second-order valence-electron chi connectivity index (χ2n) is 8.36. The van der Waals surface area contributed by atoms with Crippen LogP contribution in [-0.2, 0) is 22.6 Å². The van der Waals surface area contributed by atoms with Crippen LogP contribution in [0.3, 0.4) is 0 Å². The van der Waals surface area contributed by atoms with E-state index in [9.17, 15) is 9.59 Å². The standard InChI is InChI=1S/C25H32N4O3/c1-32-23-10-5-3-8-20(23)18-29-16-13-27-25(31)22(29)17-24(30)26-12-6-14-28-15-11-19-7-2-4-9-21(19)28/h2-5,7-10,22H,6,11-18H2,1H3,(H,26,30)(H,27,31). The first-order chi connectivity index (χ1) is 15.7. The molecule has 32 heavy (non-hydrogen) atoms. The summed E-state index contributed by atoms with van der Waals surface area (Å²) in [5.74, 6) is 0.624. The summed E-state index contributed by atoms with van der Waals surface area (Å²) < 4.78 is 5.45. The molecule has 2 amide bonds. The van der Waals surface area contributed by atoms with Gasteiger partial charge in [0.2, 0.25) is 11.8 Å². The number of ether oxygens (including phenoxy) is 1. The number of carbonyl (C=O) groups excluding carboxylic acids is 2. The van der Waals surface area contributed by atoms with Gasteiger partial charge in [-0.2, -0.15) is 0 Å². The zero-order valence-corrected chi connectivity index (χ0v) is 18.7. The third kappa shape index (κ3) is 5.22. The smallest absolute Gasteiger partial charge is 0.237 e. The molecule has 2 aliphatic rings. The minimum atomic E-state index is -0.473. The molecule has 1 unspecified atom stereocenters. The molecule has 0 radical (unpaired) electrons. The van der Waals surface area contributed by atoms with Crippen molar-refractivity contribution in [2.45, 2.75) is 31.8 Å². The van der Waals surface area contributed by atoms with Crippen LogP contribution < -0.4 is 20.3 Å². The molecular weight excluding hydrogens is 404 g/mol. The Morgan fingerprint density at radius 2 is 1.97 bits per heavy atom. The molecular formula is C25H32N4O3. The number of anilines is 1. The van der Waals surface area contributed by atoms with E-state index in [1.165, 1.54) is 11.3 Å². The summed E-state index contributed by atoms with van der Waals surface area (Å²) in [6.07, 6.45) is 2.12. The van der Waals surface area contributed by atoms with Crippen molar-refractivity contribution in [3.63, 3.8) is 0 Å². The number of nitrogens with one attached hydrogen (secondary N) is 2. The Labute approximate surface area is 189 Å². The van der Waals surface area contributed by atoms with Crippen molar-refractivity contribution in [2.75, 3.05) is 44.7 Å². The summed E-state index contributed by atoms with van der Waals surface area (Å²) in [5, 5.41) is 5.91. The van der Waals surface area contributed by atoms with Crippen LogP contribution in [0.1, 0.15) is 24.0 Å². The van der Waals surface area contributed by atoms with Crippen LogP contribution in [0, 0.1) is 0 Å². The number of hydrogen-bond acceptors (Lipinski definition) is 5. The van der Waals surface area contributed by atoms with Crippen LogP contribution in [0.15, 0.2) is 48.5 Å². The first kappa shape index (κ1) is 22.1. The average Bonchev–Trinajstić information content (AvgIpc) is 3.22. The molecule has 7 heteroatoms. The van der Waals surface area contributed by atoms with Crippen molar-refractivity contribution >= 4 is 17.5 Å². The van der Waals surface area contributed by atoms with Gasteiger partial charge in [-0.05, 0) is 30.5 Å². The lowest BCUT2D eigenvalue weighted by atomic mass is 10.1. The summed E-state index contributed by atoms with van der Waals surface area (Å²) in [4.78, 5) is 29.6. The number of hydrogen-bond donors (Lipinski definition) is 2. The van der Waals surface area contributed by atoms with Gasteiger partial charge in [-0.15, -0.1) is 0 Å². The molecule has 0 aliphatic carbocycles. The number of para-hydroxylation sites is 2. The zero-order chi connectivity index (χ0) is 22.3. The molecule has 2 aromatic carbocycles. The van der Waals surface area contributed by atoms with Gasteiger partial charge in [0, 0.05) is 50.5 Å². The van der Waals surface area contributed by atoms with Crippen molar-refractivity contribution in [1.29, 1.82) is 0 Å². The minimum absolute atomic E-state index is 0.0844. The molecule has 170 valence electrons. The summed E-state index contributed by atoms with van der Waals surface area (Å²) in [6.45, 7) is 4.43. The van der Waals surface area contributed by atoms with Gasteiger partial charge in [0.1, 0.15) is 5.75 Å². The predicted molar refractivity (Wildman–Crippen MR) is 125 cm³/mol. The van der Waals surface area contributed by atoms with Gasteiger partial charge in [0.05, 0.1) is 19.6 Å². The fourth-order valence-electron chi connectivity index (χ4n) is 4.61. The molecule has 7 nitrogen and oxygen atoms in total. The van der Waals surface area contributed by atoms with Gasteiger partial charge in [0.25, 0.3) is 0 Å². The quantitative estimate of drug-likeness (QED) is 0.588. The van der Waals surface area contributed by atoms with Crippen LogP contribution in [-0.4, -0.2) is 62.6 Å². The van der Waals surface area contributed by atoms with Crippen LogP contribution >= 0.6 is 0 Å². The Morgan fingerprint density at radius 3 is 2.84 bits per heavy atom. The Morgan fingerprint density at radius 1 is 1.16 bits per heavy atom. The van der Waals surface area contributed by atoms with E-state index in [2.05, 4.69) is 44.7 Å². The first-order valence-corrected chi connectivity index (χ1v) is 11.4. The molecule has 0 aromatic heterocycles. The van der Waals surface area contributed by atoms with Gasteiger partial charge in [-0.25, -0.2) is 0 Å². The maximum absolute atomic E-state index is 12.6. The molecule has 1 fully saturated rings. The molecule has 0 bridgehead atoms. The summed E-state index contributed by atoms with van der Waals surface area (Å²) in [7, 11) is 1.65. The Kier molecular flexibility index (Phi) is 7.27. The first-order valence-electron chi connectivity index (χ1n) is 11.4. The number of fused-ring (bicyclic) bond motifs is 1. The monoisotopic (exact) mass is 436 g/mol. The third-order valence-electron chi connectivity index (χ3n) is 6.30. The maximum Gasteiger partial charge on any atom is 0.237 e. The second-order valence-corrected chi connectivity index (χ2v) is 8.36. The highest BCUT2D eigenvalue weighted by Crippen LogP contribution is 2.27. The maximum atomic E-state index is 12.6. The van der Waals surface area contributed by atoms with Crippen molar-refractivity contribution < 1.29 is 14.3 Å². The molecule has 2 aromatic rings. The fraction of sp³-hybridized carbons (Fsp3) is 0.440. The molecule has 2 heterocycles. The predicted octanol–water partition coefficient (Wildman–Crippen LogP) is 1.95. The number of carbonyl (C=O) groups is 2. The Balaban J connectivity index is 1.26. The van der Waals surface area contributed by atoms with Gasteiger partial charge in [-0.3, -0.25) is 14.5 Å². The highest BCUT2D eigenvalue weighted by Gasteiger charge is 2.32. The molecule has 2 N–H and O–H groups in total. The van der Waals surface area contributed by atoms with E-state index >= 15 is 0 Å². The fourth-order valence-corrected chi connectivity index (χ4v) is 4.61. The summed E-state index contributed by atoms with van der Waals surface area (Å²) in [5.41, 5.74) is 3.72. The van der Waals surface area contributed by atoms with E-state index in [4.69, 9.17) is 4.74 Å². The van der Waals surface area contributed by atoms with Gasteiger partial charge < -0.3 is 20.3 Å². The van der Waals surface area contributed by atoms with Gasteiger partial charge in [-0.1, -0.05) is 36.4 Å². The number of amides is 2. The van der Waals surface area contributed by atoms with E-state index in [0.29, 0.717) is 26.2 Å². The summed E-state index contributed by atoms with van der Waals surface area (Å²) >= 11 is 0. The highest BCUT2D eigenvalue weighted by molar-refractivity contribution is 5.88. The lowest BCUT2D eigenvalue weighted by Gasteiger charge is -2.35. The van der Waals surface area contributed by atoms with Crippen molar-refractivity contribution in [1.82, 2.24) is 15.5 Å². The van der Waals surface area contributed by atoms with Crippen molar-refractivity contribution in [3.8, 4) is 5.75 Å². The third-order valence-corrected chi connectivity index (χ3v) is 6.30. The van der Waals surface area contributed by atoms with E-state index in [-0.39, 0.29) is 18.2 Å². The zero-order valence-electron chi connectivity index (χ0n) is 18.7. The number of piperazine rings is 1. The molecule has 0 spiro atoms.